The molecule has 0 spiro atoms. The summed E-state index contributed by atoms with van der Waals surface area (Å²) in [6.07, 6.45) is 2.11. The predicted molar refractivity (Wildman–Crippen MR) is 88.4 cm³/mol. The number of pyridine rings is 1. The van der Waals surface area contributed by atoms with E-state index in [0.717, 1.165) is 16.6 Å². The number of carbonyl (C=O) groups is 1. The zero-order chi connectivity index (χ0) is 15.4. The van der Waals surface area contributed by atoms with Gasteiger partial charge in [0, 0.05) is 6.20 Å². The van der Waals surface area contributed by atoms with E-state index in [9.17, 15) is 4.79 Å². The van der Waals surface area contributed by atoms with E-state index in [-0.39, 0.29) is 11.9 Å². The summed E-state index contributed by atoms with van der Waals surface area (Å²) in [5, 5.41) is 5.34. The van der Waals surface area contributed by atoms with Gasteiger partial charge in [-0.05, 0) is 35.4 Å². The van der Waals surface area contributed by atoms with Crippen LogP contribution in [0.4, 0.5) is 0 Å². The number of nitrogens with one attached hydrogen (secondary N) is 1. The third-order valence-corrected chi connectivity index (χ3v) is 3.69. The Bertz CT molecular complexity index is 784. The van der Waals surface area contributed by atoms with Crippen LogP contribution >= 0.6 is 0 Å². The van der Waals surface area contributed by atoms with Crippen LogP contribution in [0.2, 0.25) is 0 Å². The van der Waals surface area contributed by atoms with Gasteiger partial charge < -0.3 is 5.32 Å². The summed E-state index contributed by atoms with van der Waals surface area (Å²) in [6, 6.07) is 19.9. The van der Waals surface area contributed by atoms with E-state index in [4.69, 9.17) is 0 Å². The highest BCUT2D eigenvalue weighted by Gasteiger charge is 2.11. The number of hydrogen-bond acceptors (Lipinski definition) is 2. The van der Waals surface area contributed by atoms with Crippen molar-refractivity contribution in [3.05, 3.63) is 78.1 Å². The molecule has 1 unspecified atom stereocenters. The molecule has 0 aliphatic rings. The number of aromatic nitrogens is 1. The lowest BCUT2D eigenvalue weighted by Gasteiger charge is -2.13. The minimum absolute atomic E-state index is 0.00781. The lowest BCUT2D eigenvalue weighted by Crippen LogP contribution is -2.28. The molecule has 0 fully saturated rings. The quantitative estimate of drug-likeness (QED) is 0.797. The Morgan fingerprint density at radius 2 is 1.82 bits per heavy atom. The van der Waals surface area contributed by atoms with Gasteiger partial charge in [0.2, 0.25) is 5.91 Å². The first kappa shape index (κ1) is 14.3. The predicted octanol–water partition coefficient (Wildman–Crippen LogP) is 3.65. The van der Waals surface area contributed by atoms with Gasteiger partial charge in [0.15, 0.2) is 0 Å². The molecule has 22 heavy (non-hydrogen) atoms. The van der Waals surface area contributed by atoms with E-state index in [1.165, 1.54) is 5.39 Å². The molecule has 0 aliphatic heterocycles. The summed E-state index contributed by atoms with van der Waals surface area (Å²) in [5.41, 5.74) is 1.89. The number of amides is 1. The van der Waals surface area contributed by atoms with Gasteiger partial charge in [0.05, 0.1) is 18.2 Å². The molecule has 0 bridgehead atoms. The average Bonchev–Trinajstić information content (AvgIpc) is 2.55. The van der Waals surface area contributed by atoms with Crippen molar-refractivity contribution in [3.8, 4) is 0 Å². The lowest BCUT2D eigenvalue weighted by atomic mass is 10.0. The van der Waals surface area contributed by atoms with Crippen molar-refractivity contribution >= 4 is 16.7 Å². The maximum absolute atomic E-state index is 12.2. The van der Waals surface area contributed by atoms with Crippen LogP contribution in [0.3, 0.4) is 0 Å². The monoisotopic (exact) mass is 290 g/mol. The van der Waals surface area contributed by atoms with Crippen molar-refractivity contribution in [3.63, 3.8) is 0 Å². The highest BCUT2D eigenvalue weighted by Crippen LogP contribution is 2.16. The summed E-state index contributed by atoms with van der Waals surface area (Å²) in [6.45, 7) is 1.95. The van der Waals surface area contributed by atoms with E-state index >= 15 is 0 Å². The summed E-state index contributed by atoms with van der Waals surface area (Å²) >= 11 is 0. The van der Waals surface area contributed by atoms with Gasteiger partial charge in [-0.3, -0.25) is 9.78 Å². The van der Waals surface area contributed by atoms with Crippen molar-refractivity contribution in [2.24, 2.45) is 0 Å². The first-order chi connectivity index (χ1) is 10.7. The number of benzene rings is 2. The Morgan fingerprint density at radius 3 is 2.59 bits per heavy atom. The fourth-order valence-electron chi connectivity index (χ4n) is 2.53. The summed E-state index contributed by atoms with van der Waals surface area (Å²) in [5.74, 6) is 0.00781. The zero-order valence-electron chi connectivity index (χ0n) is 12.5. The number of rotatable bonds is 4. The largest absolute Gasteiger partial charge is 0.348 e. The first-order valence-electron chi connectivity index (χ1n) is 7.40. The molecular weight excluding hydrogens is 272 g/mol. The molecule has 0 saturated heterocycles. The normalized spacial score (nSPS) is 12.0. The topological polar surface area (TPSA) is 42.0 Å². The molecule has 1 N–H and O–H groups in total. The van der Waals surface area contributed by atoms with Crippen molar-refractivity contribution in [2.75, 3.05) is 0 Å². The van der Waals surface area contributed by atoms with Crippen molar-refractivity contribution < 1.29 is 4.79 Å². The minimum Gasteiger partial charge on any atom is -0.348 e. The average molecular weight is 290 g/mol. The Morgan fingerprint density at radius 1 is 1.05 bits per heavy atom. The van der Waals surface area contributed by atoms with E-state index in [0.29, 0.717) is 6.42 Å². The molecule has 1 aromatic heterocycles. The maximum atomic E-state index is 12.2. The standard InChI is InChI=1S/C19H18N2O/c1-14(18-8-4-5-11-20-18)21-19(22)13-15-9-10-16-6-2-3-7-17(16)12-15/h2-12,14H,13H2,1H3,(H,21,22). The Hall–Kier alpha value is -2.68. The molecule has 2 aromatic carbocycles. The van der Waals surface area contributed by atoms with Gasteiger partial charge >= 0.3 is 0 Å². The molecule has 0 radical (unpaired) electrons. The SMILES string of the molecule is CC(NC(=O)Cc1ccc2ccccc2c1)c1ccccn1. The van der Waals surface area contributed by atoms with Gasteiger partial charge in [-0.1, -0.05) is 48.5 Å². The highest BCUT2D eigenvalue weighted by atomic mass is 16.1. The first-order valence-corrected chi connectivity index (χ1v) is 7.40. The molecule has 110 valence electrons. The second kappa shape index (κ2) is 6.39. The zero-order valence-corrected chi connectivity index (χ0v) is 12.5. The number of nitrogens with zero attached hydrogens (tertiary/aromatic N) is 1. The van der Waals surface area contributed by atoms with Crippen molar-refractivity contribution in [1.82, 2.24) is 10.3 Å². The molecule has 1 atom stereocenters. The Labute approximate surface area is 130 Å². The third-order valence-electron chi connectivity index (χ3n) is 3.69. The molecule has 0 aliphatic carbocycles. The smallest absolute Gasteiger partial charge is 0.224 e. The van der Waals surface area contributed by atoms with Crippen LogP contribution in [0.5, 0.6) is 0 Å². The second-order valence-electron chi connectivity index (χ2n) is 5.40. The lowest BCUT2D eigenvalue weighted by molar-refractivity contribution is -0.121. The van der Waals surface area contributed by atoms with Gasteiger partial charge in [-0.2, -0.15) is 0 Å². The highest BCUT2D eigenvalue weighted by molar-refractivity contribution is 5.85. The molecule has 3 heteroatoms. The van der Waals surface area contributed by atoms with Crippen molar-refractivity contribution in [1.29, 1.82) is 0 Å². The van der Waals surface area contributed by atoms with Gasteiger partial charge in [0.1, 0.15) is 0 Å². The van der Waals surface area contributed by atoms with Gasteiger partial charge in [0.25, 0.3) is 0 Å². The van der Waals surface area contributed by atoms with Gasteiger partial charge in [-0.15, -0.1) is 0 Å². The van der Waals surface area contributed by atoms with E-state index in [1.807, 2.05) is 43.3 Å². The second-order valence-corrected chi connectivity index (χ2v) is 5.40. The van der Waals surface area contributed by atoms with E-state index in [1.54, 1.807) is 6.20 Å². The molecular formula is C19H18N2O. The summed E-state index contributed by atoms with van der Waals surface area (Å²) < 4.78 is 0. The molecule has 0 saturated carbocycles. The number of hydrogen-bond donors (Lipinski definition) is 1. The van der Waals surface area contributed by atoms with Crippen LogP contribution in [-0.2, 0) is 11.2 Å². The van der Waals surface area contributed by atoms with Crippen LogP contribution in [0.1, 0.15) is 24.2 Å². The molecule has 1 heterocycles. The van der Waals surface area contributed by atoms with Crippen LogP contribution in [0, 0.1) is 0 Å². The minimum atomic E-state index is -0.0887. The molecule has 3 aromatic rings. The maximum Gasteiger partial charge on any atom is 0.224 e. The van der Waals surface area contributed by atoms with Crippen LogP contribution in [-0.4, -0.2) is 10.9 Å². The Kier molecular flexibility index (Phi) is 4.15. The van der Waals surface area contributed by atoms with Crippen molar-refractivity contribution in [2.45, 2.75) is 19.4 Å². The summed E-state index contributed by atoms with van der Waals surface area (Å²) in [4.78, 5) is 16.5. The Balaban J connectivity index is 1.68. The number of fused-ring (bicyclic) bond motifs is 1. The molecule has 3 rings (SSSR count). The number of carbonyl (C=O) groups excluding carboxylic acids is 1. The van der Waals surface area contributed by atoms with Crippen LogP contribution in [0.25, 0.3) is 10.8 Å². The fourth-order valence-corrected chi connectivity index (χ4v) is 2.53. The van der Waals surface area contributed by atoms with Crippen LogP contribution < -0.4 is 5.32 Å². The van der Waals surface area contributed by atoms with Crippen LogP contribution in [0.15, 0.2) is 66.9 Å². The van der Waals surface area contributed by atoms with Gasteiger partial charge in [-0.25, -0.2) is 0 Å². The third kappa shape index (κ3) is 3.31. The van der Waals surface area contributed by atoms with E-state index < -0.39 is 0 Å². The molecule has 1 amide bonds. The van der Waals surface area contributed by atoms with E-state index in [2.05, 4.69) is 34.6 Å². The fraction of sp³-hybridized carbons (Fsp3) is 0.158. The summed E-state index contributed by atoms with van der Waals surface area (Å²) in [7, 11) is 0. The molecule has 3 nitrogen and oxygen atoms in total.